The number of hydrogen-bond acceptors (Lipinski definition) is 19. The summed E-state index contributed by atoms with van der Waals surface area (Å²) in [6.07, 6.45) is 4.17. The van der Waals surface area contributed by atoms with Crippen LogP contribution in [-0.2, 0) is 16.2 Å². The minimum Gasteiger partial charge on any atom is -0.396 e. The predicted octanol–water partition coefficient (Wildman–Crippen LogP) is -4.27. The molecular weight excluding hydrogens is 718 g/mol. The van der Waals surface area contributed by atoms with Gasteiger partial charge in [0.15, 0.2) is 33.5 Å². The smallest absolute Gasteiger partial charge is 0.280 e. The Morgan fingerprint density at radius 2 is 1.22 bits per heavy atom. The summed E-state index contributed by atoms with van der Waals surface area (Å²) in [6, 6.07) is -0.0131. The molecule has 6 aromatic rings. The van der Waals surface area contributed by atoms with Crippen molar-refractivity contribution in [3.63, 3.8) is 0 Å². The van der Waals surface area contributed by atoms with Crippen LogP contribution in [-0.4, -0.2) is 130 Å². The molecule has 25 heteroatoms. The van der Waals surface area contributed by atoms with Crippen LogP contribution in [0.3, 0.4) is 0 Å². The molecule has 25 nitrogen and oxygen atoms in total. The zero-order chi connectivity index (χ0) is 38.7. The van der Waals surface area contributed by atoms with Gasteiger partial charge in [-0.05, 0) is 12.3 Å². The van der Waals surface area contributed by atoms with E-state index in [-0.39, 0.29) is 116 Å². The van der Waals surface area contributed by atoms with E-state index in [0.29, 0.717) is 16.9 Å². The summed E-state index contributed by atoms with van der Waals surface area (Å²) in [4.78, 5) is 65.8. The number of aliphatic hydroxyl groups is 5. The number of aromatic nitrogens is 12. The molecule has 0 spiro atoms. The van der Waals surface area contributed by atoms with E-state index in [9.17, 15) is 29.7 Å². The average Bonchev–Trinajstić information content (AvgIpc) is 3.84. The lowest BCUT2D eigenvalue weighted by atomic mass is 9.70. The molecule has 14 N–H and O–H groups in total. The number of fused-ring (bicyclic) bond motifs is 3. The van der Waals surface area contributed by atoms with Crippen LogP contribution in [0.25, 0.3) is 33.5 Å². The SMILES string of the molecule is Nc1nc2c(ncn2C2CC(CO)C2CO)c(=O)[nH]1.Nc1nc2c(ncn2C2OC(CO)C2CO)c(=O)[nH]1.Nc1nc2c(ncn2COCCO)c(=O)[nH]1. The van der Waals surface area contributed by atoms with Gasteiger partial charge in [0.05, 0.1) is 57.4 Å². The zero-order valence-corrected chi connectivity index (χ0v) is 28.4. The maximum Gasteiger partial charge on any atom is 0.280 e. The van der Waals surface area contributed by atoms with E-state index in [1.54, 1.807) is 4.57 Å². The monoisotopic (exact) mass is 757 g/mol. The van der Waals surface area contributed by atoms with Gasteiger partial charge in [-0.1, -0.05) is 0 Å². The Labute approximate surface area is 301 Å². The third-order valence-corrected chi connectivity index (χ3v) is 9.13. The predicted molar refractivity (Wildman–Crippen MR) is 187 cm³/mol. The van der Waals surface area contributed by atoms with Crippen molar-refractivity contribution < 1.29 is 35.0 Å². The van der Waals surface area contributed by atoms with Gasteiger partial charge in [0, 0.05) is 25.2 Å². The second-order valence-electron chi connectivity index (χ2n) is 12.3. The van der Waals surface area contributed by atoms with Crippen molar-refractivity contribution in [2.24, 2.45) is 17.8 Å². The minimum absolute atomic E-state index is 0.0131. The fraction of sp³-hybridized carbons (Fsp3) is 0.483. The number of nitrogen functional groups attached to an aromatic ring is 3. The van der Waals surface area contributed by atoms with Gasteiger partial charge in [-0.15, -0.1) is 0 Å². The highest BCUT2D eigenvalue weighted by Crippen LogP contribution is 2.44. The quantitative estimate of drug-likeness (QED) is 0.0589. The Morgan fingerprint density at radius 1 is 0.704 bits per heavy atom. The Balaban J connectivity index is 0.000000139. The third-order valence-electron chi connectivity index (χ3n) is 9.13. The van der Waals surface area contributed by atoms with Gasteiger partial charge in [-0.3, -0.25) is 38.5 Å². The molecule has 6 unspecified atom stereocenters. The van der Waals surface area contributed by atoms with Crippen LogP contribution in [0.5, 0.6) is 0 Å². The number of imidazole rings is 3. The Kier molecular flexibility index (Phi) is 11.3. The van der Waals surface area contributed by atoms with E-state index in [4.69, 9.17) is 36.9 Å². The Bertz CT molecular complexity index is 2280. The van der Waals surface area contributed by atoms with Crippen LogP contribution in [0.1, 0.15) is 18.7 Å². The van der Waals surface area contributed by atoms with Crippen LogP contribution in [0.15, 0.2) is 33.4 Å². The summed E-state index contributed by atoms with van der Waals surface area (Å²) in [5.41, 5.74) is 16.9. The highest BCUT2D eigenvalue weighted by atomic mass is 16.6. The minimum atomic E-state index is -0.513. The molecule has 290 valence electrons. The topological polar surface area (TPSA) is 388 Å². The highest BCUT2D eigenvalue weighted by molar-refractivity contribution is 5.72. The maximum atomic E-state index is 11.7. The van der Waals surface area contributed by atoms with E-state index < -0.39 is 17.9 Å². The van der Waals surface area contributed by atoms with Gasteiger partial charge in [0.25, 0.3) is 16.7 Å². The number of rotatable bonds is 10. The molecule has 2 aliphatic rings. The van der Waals surface area contributed by atoms with Crippen molar-refractivity contribution in [1.29, 1.82) is 0 Å². The number of H-pyrrole nitrogens is 3. The van der Waals surface area contributed by atoms with E-state index in [2.05, 4.69) is 44.9 Å². The Hall–Kier alpha value is -5.83. The number of aliphatic hydroxyl groups excluding tert-OH is 5. The van der Waals surface area contributed by atoms with Gasteiger partial charge in [-0.25, -0.2) is 15.0 Å². The summed E-state index contributed by atoms with van der Waals surface area (Å²) < 4.78 is 15.4. The maximum absolute atomic E-state index is 11.7. The van der Waals surface area contributed by atoms with Crippen LogP contribution in [0.4, 0.5) is 17.8 Å². The van der Waals surface area contributed by atoms with Gasteiger partial charge < -0.3 is 56.8 Å². The molecular formula is C29H39N15O10. The fourth-order valence-corrected chi connectivity index (χ4v) is 6.32. The van der Waals surface area contributed by atoms with E-state index >= 15 is 0 Å². The first-order chi connectivity index (χ1) is 26.0. The molecule has 2 fully saturated rings. The first kappa shape index (κ1) is 37.9. The van der Waals surface area contributed by atoms with Gasteiger partial charge >= 0.3 is 0 Å². The van der Waals surface area contributed by atoms with Crippen LogP contribution >= 0.6 is 0 Å². The number of nitrogens with two attached hydrogens (primary N) is 3. The molecule has 0 amide bonds. The van der Waals surface area contributed by atoms with Crippen molar-refractivity contribution in [2.45, 2.75) is 31.5 Å². The van der Waals surface area contributed by atoms with Gasteiger partial charge in [0.2, 0.25) is 17.8 Å². The molecule has 8 rings (SSSR count). The van der Waals surface area contributed by atoms with Crippen LogP contribution < -0.4 is 33.9 Å². The summed E-state index contributed by atoms with van der Waals surface area (Å²) in [5.74, 6) is -0.196. The number of ether oxygens (including phenoxy) is 2. The number of nitrogens with one attached hydrogen (secondary N) is 3. The summed E-state index contributed by atoms with van der Waals surface area (Å²) in [7, 11) is 0. The Morgan fingerprint density at radius 3 is 1.76 bits per heavy atom. The third kappa shape index (κ3) is 7.23. The first-order valence-electron chi connectivity index (χ1n) is 16.5. The second kappa shape index (κ2) is 16.0. The largest absolute Gasteiger partial charge is 0.396 e. The normalized spacial score (nSPS) is 21.9. The van der Waals surface area contributed by atoms with Crippen molar-refractivity contribution in [2.75, 3.05) is 56.8 Å². The fourth-order valence-electron chi connectivity index (χ4n) is 6.32. The number of anilines is 3. The molecule has 6 atom stereocenters. The number of aromatic amines is 3. The second-order valence-corrected chi connectivity index (χ2v) is 12.3. The van der Waals surface area contributed by atoms with Gasteiger partial charge in [0.1, 0.15) is 13.0 Å². The van der Waals surface area contributed by atoms with E-state index in [1.165, 1.54) is 28.1 Å². The lowest BCUT2D eigenvalue weighted by molar-refractivity contribution is -0.243. The van der Waals surface area contributed by atoms with Gasteiger partial charge in [-0.2, -0.15) is 15.0 Å². The molecule has 6 aromatic heterocycles. The summed E-state index contributed by atoms with van der Waals surface area (Å²) in [5, 5.41) is 45.5. The molecule has 1 aliphatic carbocycles. The zero-order valence-electron chi connectivity index (χ0n) is 28.4. The lowest BCUT2D eigenvalue weighted by Gasteiger charge is -2.43. The highest BCUT2D eigenvalue weighted by Gasteiger charge is 2.44. The van der Waals surface area contributed by atoms with Crippen LogP contribution in [0, 0.1) is 17.8 Å². The average molecular weight is 758 g/mol. The van der Waals surface area contributed by atoms with Crippen molar-refractivity contribution in [3.8, 4) is 0 Å². The molecule has 7 heterocycles. The molecule has 0 radical (unpaired) electrons. The molecule has 54 heavy (non-hydrogen) atoms. The molecule has 0 aromatic carbocycles. The van der Waals surface area contributed by atoms with Crippen molar-refractivity contribution in [1.82, 2.24) is 58.6 Å². The number of nitrogens with zero attached hydrogens (tertiary/aromatic N) is 9. The van der Waals surface area contributed by atoms with Crippen LogP contribution in [0.2, 0.25) is 0 Å². The van der Waals surface area contributed by atoms with E-state index in [1.807, 2.05) is 0 Å². The standard InChI is InChI=1S/C11H15N5O3.C10H13N5O4.C8H11N5O3/c12-11-14-9-8(10(19)15-11)13-4-16(9)7-1-5(2-17)6(7)3-18;11-10-13-7-6(8(18)14-10)12-3-15(7)9-4(1-16)5(2-17)19-9;9-8-11-6-5(7(15)12-8)10-3-13(6)4-16-2-1-14/h4-7,17-18H,1-3H2,(H3,12,14,15,19);3-5,9,16-17H,1-2H2,(H3,11,13,14,18);3,14H,1-2,4H2,(H3,9,11,12,15). The van der Waals surface area contributed by atoms with Crippen molar-refractivity contribution in [3.05, 3.63) is 50.0 Å². The summed E-state index contributed by atoms with van der Waals surface area (Å²) >= 11 is 0. The molecule has 1 saturated carbocycles. The molecule has 1 aliphatic heterocycles. The van der Waals surface area contributed by atoms with E-state index in [0.717, 1.165) is 6.42 Å². The summed E-state index contributed by atoms with van der Waals surface area (Å²) in [6.45, 7) is 0.00553. The molecule has 0 bridgehead atoms. The first-order valence-corrected chi connectivity index (χ1v) is 16.5. The number of hydrogen-bond donors (Lipinski definition) is 11. The molecule has 1 saturated heterocycles. The van der Waals surface area contributed by atoms with Crippen molar-refractivity contribution >= 4 is 51.3 Å². The lowest BCUT2D eigenvalue weighted by Crippen LogP contribution is -2.49.